The summed E-state index contributed by atoms with van der Waals surface area (Å²) in [6, 6.07) is 6.73. The molecule has 4 aromatic heterocycles. The van der Waals surface area contributed by atoms with Gasteiger partial charge in [-0.2, -0.15) is 0 Å². The molecule has 6 aliphatic carbocycles. The maximum atomic E-state index is 14.9. The normalized spacial score (nSPS) is 27.3. The van der Waals surface area contributed by atoms with E-state index in [1.54, 1.807) is 30.3 Å². The zero-order valence-electron chi connectivity index (χ0n) is 77.5. The molecule has 36 heteroatoms. The molecule has 6 amide bonds. The first-order valence-electron chi connectivity index (χ1n) is 45.8. The van der Waals surface area contributed by atoms with Crippen molar-refractivity contribution < 1.29 is 86.1 Å². The van der Waals surface area contributed by atoms with Crippen LogP contribution in [0.25, 0.3) is 44.6 Å². The second-order valence-electron chi connectivity index (χ2n) is 40.8. The van der Waals surface area contributed by atoms with Crippen LogP contribution in [0.3, 0.4) is 0 Å². The van der Waals surface area contributed by atoms with Crippen LogP contribution in [0, 0.1) is 46.3 Å². The van der Waals surface area contributed by atoms with Crippen molar-refractivity contribution in [3.8, 4) is 45.8 Å². The van der Waals surface area contributed by atoms with Gasteiger partial charge in [-0.1, -0.05) is 76.9 Å². The smallest absolute Gasteiger partial charge is 0.408 e. The molecular formula is C95H126Cl2N14O18S2. The summed E-state index contributed by atoms with van der Waals surface area (Å²) in [4.78, 5) is 138. The van der Waals surface area contributed by atoms with E-state index in [9.17, 15) is 43.5 Å². The first-order chi connectivity index (χ1) is 62.0. The average molecular weight is 1890 g/mol. The lowest BCUT2D eigenvalue weighted by Crippen LogP contribution is -2.59. The number of anilines is 2. The van der Waals surface area contributed by atoms with E-state index in [0.717, 1.165) is 50.3 Å². The molecule has 10 fully saturated rings. The Labute approximate surface area is 783 Å². The van der Waals surface area contributed by atoms with Crippen molar-refractivity contribution in [1.29, 1.82) is 0 Å². The Hall–Kier alpha value is -9.42. The highest BCUT2D eigenvalue weighted by Crippen LogP contribution is 2.55. The van der Waals surface area contributed by atoms with Crippen LogP contribution in [0.4, 0.5) is 19.9 Å². The van der Waals surface area contributed by atoms with Crippen molar-refractivity contribution in [2.75, 3.05) is 96.7 Å². The number of ether oxygens (including phenoxy) is 9. The molecule has 0 bridgehead atoms. The Bertz CT molecular complexity index is 5310. The molecular weight excluding hydrogens is 1760 g/mol. The molecule has 6 saturated carbocycles. The molecule has 0 radical (unpaired) electrons. The molecule has 2 aromatic carbocycles. The van der Waals surface area contributed by atoms with E-state index in [1.165, 1.54) is 52.1 Å². The maximum Gasteiger partial charge on any atom is 0.408 e. The molecule has 4 saturated heterocycles. The lowest BCUT2D eigenvalue weighted by molar-refractivity contribution is -0.148. The van der Waals surface area contributed by atoms with Gasteiger partial charge in [-0.05, 0) is 166 Å². The number of benzene rings is 2. The van der Waals surface area contributed by atoms with Crippen molar-refractivity contribution >= 4 is 126 Å². The quantitative estimate of drug-likeness (QED) is 0.0117. The summed E-state index contributed by atoms with van der Waals surface area (Å²) in [5.41, 5.74) is -1.69. The zero-order valence-corrected chi connectivity index (χ0v) is 80.7. The van der Waals surface area contributed by atoms with E-state index >= 15 is 0 Å². The SMILES string of the molecule is C=C[C@@H]1CC1(NC(=O)[C@@H]1C[C@@H](Oc2cc(-c3csc(NC(C)C)n3)nc3c(Cl)c(OCCN4CCOCC4(C)C)ccc23)CN1C(=O)[C@@H](NC(=O)OC1C[C@@H]2C[C@@H]2C1)C(C)(C)C)C(=O)O.C=C[C@@H]1CC1(NC(=O)[C@@H]1C[C@@H](Oc2cc(-c3csc(NC(C)C)n3)nc3c(Cl)c(OCCN4CCOCC4(C)C)ccc23)CN1C(=O)[C@@H](NC(=O)OC1C[C@@H]2C[C@@H]2C1)C(C)(C)C)C(=O)OC. The molecule has 4 unspecified atom stereocenters. The van der Waals surface area contributed by atoms with E-state index in [2.05, 4.69) is 82.6 Å². The van der Waals surface area contributed by atoms with Crippen molar-refractivity contribution in [3.05, 3.63) is 82.5 Å². The number of carbonyl (C=O) groups excluding carboxylic acids is 7. The average Bonchev–Trinajstić information content (AvgIpc) is 1.59. The number of methoxy groups -OCH3 is 1. The summed E-state index contributed by atoms with van der Waals surface area (Å²) in [7, 11) is 1.27. The third-order valence-electron chi connectivity index (χ3n) is 27.1. The fourth-order valence-corrected chi connectivity index (χ4v) is 21.5. The molecule has 32 nitrogen and oxygen atoms in total. The van der Waals surface area contributed by atoms with Gasteiger partial charge in [0.1, 0.15) is 117 Å². The second kappa shape index (κ2) is 38.5. The van der Waals surface area contributed by atoms with E-state index in [0.29, 0.717) is 161 Å². The minimum Gasteiger partial charge on any atom is -0.491 e. The van der Waals surface area contributed by atoms with E-state index in [-0.39, 0.29) is 78.7 Å². The highest BCUT2D eigenvalue weighted by Gasteiger charge is 2.64. The number of aliphatic carboxylic acids is 1. The molecule has 16 rings (SSSR count). The number of fused-ring (bicyclic) bond motifs is 4. The summed E-state index contributed by atoms with van der Waals surface area (Å²) in [5, 5.41) is 35.3. The number of hydrogen-bond donors (Lipinski definition) is 7. The Morgan fingerprint density at radius 2 is 0.954 bits per heavy atom. The van der Waals surface area contributed by atoms with Gasteiger partial charge in [0.05, 0.1) is 69.0 Å². The number of nitrogens with one attached hydrogen (secondary N) is 6. The summed E-state index contributed by atoms with van der Waals surface area (Å²) in [5.74, 6) is -0.716. The Balaban J connectivity index is 0.000000201. The van der Waals surface area contributed by atoms with E-state index < -0.39 is 112 Å². The van der Waals surface area contributed by atoms with Crippen molar-refractivity contribution in [3.63, 3.8) is 0 Å². The molecule has 710 valence electrons. The van der Waals surface area contributed by atoms with Crippen LogP contribution >= 0.6 is 45.9 Å². The zero-order chi connectivity index (χ0) is 93.9. The summed E-state index contributed by atoms with van der Waals surface area (Å²) < 4.78 is 54.4. The van der Waals surface area contributed by atoms with Crippen LogP contribution in [0.2, 0.25) is 10.0 Å². The van der Waals surface area contributed by atoms with Crippen molar-refractivity contribution in [2.24, 2.45) is 46.3 Å². The minimum absolute atomic E-state index is 0.0172. The monoisotopic (exact) mass is 1880 g/mol. The third-order valence-corrected chi connectivity index (χ3v) is 29.4. The Morgan fingerprint density at radius 1 is 0.557 bits per heavy atom. The van der Waals surface area contributed by atoms with Gasteiger partial charge in [0.25, 0.3) is 0 Å². The van der Waals surface area contributed by atoms with Gasteiger partial charge in [0.15, 0.2) is 10.3 Å². The minimum atomic E-state index is -1.54. The van der Waals surface area contributed by atoms with Gasteiger partial charge >= 0.3 is 24.1 Å². The third kappa shape index (κ3) is 21.5. The number of likely N-dealkylation sites (tertiary alicyclic amines) is 2. The molecule has 0 spiro atoms. The molecule has 4 aliphatic heterocycles. The lowest BCUT2D eigenvalue weighted by Gasteiger charge is -2.41. The molecule has 16 atom stereocenters. The predicted octanol–water partition coefficient (Wildman–Crippen LogP) is 13.6. The molecule has 7 N–H and O–H groups in total. The van der Waals surface area contributed by atoms with Gasteiger partial charge in [0.2, 0.25) is 23.6 Å². The van der Waals surface area contributed by atoms with Crippen LogP contribution in [-0.4, -0.2) is 261 Å². The molecule has 6 aromatic rings. The number of halogens is 2. The number of morpholine rings is 2. The largest absolute Gasteiger partial charge is 0.491 e. The number of carbonyl (C=O) groups is 8. The van der Waals surface area contributed by atoms with Crippen LogP contribution < -0.4 is 50.8 Å². The van der Waals surface area contributed by atoms with Crippen LogP contribution in [0.1, 0.15) is 161 Å². The molecule has 10 aliphatic rings. The van der Waals surface area contributed by atoms with Gasteiger partial charge in [-0.3, -0.25) is 29.0 Å². The number of carboxylic acid groups (broad SMARTS) is 1. The number of alkyl carbamates (subject to hydrolysis) is 2. The van der Waals surface area contributed by atoms with Gasteiger partial charge < -0.3 is 89.4 Å². The van der Waals surface area contributed by atoms with Crippen LogP contribution in [-0.2, 0) is 52.5 Å². The topological polar surface area (TPSA) is 377 Å². The number of esters is 1. The molecule has 8 heterocycles. The number of thiazole rings is 2. The summed E-state index contributed by atoms with van der Waals surface area (Å²) in [6.07, 6.45) is 6.04. The van der Waals surface area contributed by atoms with Crippen molar-refractivity contribution in [2.45, 2.75) is 244 Å². The predicted molar refractivity (Wildman–Crippen MR) is 499 cm³/mol. The number of rotatable bonds is 32. The first kappa shape index (κ1) is 96.2. The number of nitrogens with zero attached hydrogens (tertiary/aromatic N) is 8. The Kier molecular flexibility index (Phi) is 28.3. The molecule has 131 heavy (non-hydrogen) atoms. The van der Waals surface area contributed by atoms with Crippen molar-refractivity contribution in [1.82, 2.24) is 60.8 Å². The number of aromatic nitrogens is 4. The lowest BCUT2D eigenvalue weighted by atomic mass is 9.85. The fraction of sp³-hybridized carbons (Fsp3) is 0.621. The van der Waals surface area contributed by atoms with Gasteiger partial charge in [-0.15, -0.1) is 35.8 Å². The highest BCUT2D eigenvalue weighted by molar-refractivity contribution is 7.14. The van der Waals surface area contributed by atoms with Crippen LogP contribution in [0.15, 0.2) is 72.5 Å². The highest BCUT2D eigenvalue weighted by atomic mass is 35.5. The summed E-state index contributed by atoms with van der Waals surface area (Å²) >= 11 is 17.2. The Morgan fingerprint density at radius 3 is 1.31 bits per heavy atom. The number of hydrogen-bond acceptors (Lipinski definition) is 27. The maximum absolute atomic E-state index is 14.9. The number of amides is 6. The van der Waals surface area contributed by atoms with Crippen LogP contribution in [0.5, 0.6) is 23.0 Å². The van der Waals surface area contributed by atoms with E-state index in [4.69, 9.17) is 85.8 Å². The first-order valence-corrected chi connectivity index (χ1v) is 48.3. The number of pyridine rings is 2. The fourth-order valence-electron chi connectivity index (χ4n) is 19.3. The standard InChI is InChI=1S/C48H64ClN7O9S.C47H62ClN7O9S/c1-10-29-22-48(29,43(59)61-9)54-41(57)35-20-31(23-56(35)42(58)40(46(4,5)6)53-45(60)65-30-18-27-17-28(27)19-30)64-37-21-33(34-24-66-44(52-34)50-26(2)3)51-39-32(37)11-12-36(38(39)49)63-16-14-55-13-15-62-25-47(55,7)8;1-9-28-21-47(28,42(58)59)53-40(56)34-19-30(22-55(34)41(57)39(45(4,5)6)52-44(60)64-29-17-26-16-27(26)18-29)63-36-20-32(33-23-65-43(51-33)49-25(2)3)50-38-31(36)10-11-35(37(38)48)62-15-13-54-12-14-61-24-46(54,7)8/h10-12,21,24,26-31,35,40H,1,13-20,22-23,25H2,2-9H3,(H,50,52)(H,53,60)(H,54,57);9-11,20,23,25-30,34,39H,1,12-19,21-22,24H2,2-8H3,(H,49,51)(H,52,60)(H,53,56)(H,58,59)/t27-,28+,29-,30?,31-,35+,40-,48?;26-,27+,28-,29?,30-,34+,39-,47?/m11/s1. The summed E-state index contributed by atoms with van der Waals surface area (Å²) in [6.45, 7) is 41.5. The van der Waals surface area contributed by atoms with Gasteiger partial charge in [0, 0.05) is 108 Å². The van der Waals surface area contributed by atoms with E-state index in [1.807, 2.05) is 92.1 Å². The number of carboxylic acids is 1. The van der Waals surface area contributed by atoms with Gasteiger partial charge in [-0.25, -0.2) is 39.1 Å². The second-order valence-corrected chi connectivity index (χ2v) is 43.3.